The second-order valence-corrected chi connectivity index (χ2v) is 4.73. The van der Waals surface area contributed by atoms with Crippen LogP contribution in [0, 0.1) is 0 Å². The highest BCUT2D eigenvalue weighted by Crippen LogP contribution is 2.26. The number of pyridine rings is 1. The summed E-state index contributed by atoms with van der Waals surface area (Å²) in [5, 5.41) is 10.3. The van der Waals surface area contributed by atoms with Gasteiger partial charge < -0.3 is 10.8 Å². The van der Waals surface area contributed by atoms with E-state index in [2.05, 4.69) is 18.8 Å². The largest absolute Gasteiger partial charge is 0.398 e. The third-order valence-corrected chi connectivity index (χ3v) is 3.10. The van der Waals surface area contributed by atoms with Gasteiger partial charge in [0.15, 0.2) is 0 Å². The van der Waals surface area contributed by atoms with Crippen LogP contribution >= 0.6 is 0 Å². The predicted molar refractivity (Wildman–Crippen MR) is 73.2 cm³/mol. The number of nitrogens with two attached hydrogens (primary N) is 1. The fourth-order valence-electron chi connectivity index (χ4n) is 1.89. The minimum atomic E-state index is -0.722. The van der Waals surface area contributed by atoms with Gasteiger partial charge in [0.05, 0.1) is 0 Å². The van der Waals surface area contributed by atoms with E-state index in [4.69, 9.17) is 5.73 Å². The van der Waals surface area contributed by atoms with Gasteiger partial charge in [0.25, 0.3) is 0 Å². The predicted octanol–water partition coefficient (Wildman–Crippen LogP) is 2.87. The zero-order chi connectivity index (χ0) is 13.1. The molecule has 0 aliphatic heterocycles. The van der Waals surface area contributed by atoms with Gasteiger partial charge in [-0.2, -0.15) is 0 Å². The number of aliphatic hydroxyl groups is 1. The number of aromatic nitrogens is 1. The van der Waals surface area contributed by atoms with Gasteiger partial charge in [0, 0.05) is 23.6 Å². The monoisotopic (exact) mass is 242 g/mol. The molecular weight excluding hydrogens is 224 g/mol. The van der Waals surface area contributed by atoms with Crippen LogP contribution in [0.5, 0.6) is 0 Å². The lowest BCUT2D eigenvalue weighted by molar-refractivity contribution is 0.220. The highest BCUT2D eigenvalue weighted by atomic mass is 16.3. The second kappa shape index (κ2) is 5.19. The van der Waals surface area contributed by atoms with Crippen molar-refractivity contribution in [3.63, 3.8) is 0 Å². The molecule has 18 heavy (non-hydrogen) atoms. The first-order valence-electron chi connectivity index (χ1n) is 6.07. The molecule has 0 saturated heterocycles. The van der Waals surface area contributed by atoms with Crippen LogP contribution in [0.15, 0.2) is 42.7 Å². The number of hydrogen-bond donors (Lipinski definition) is 2. The lowest BCUT2D eigenvalue weighted by atomic mass is 9.97. The van der Waals surface area contributed by atoms with Gasteiger partial charge in [-0.05, 0) is 23.1 Å². The Morgan fingerprint density at radius 3 is 2.22 bits per heavy atom. The van der Waals surface area contributed by atoms with Gasteiger partial charge in [-0.15, -0.1) is 0 Å². The van der Waals surface area contributed by atoms with Gasteiger partial charge >= 0.3 is 0 Å². The number of rotatable bonds is 3. The molecule has 1 aromatic heterocycles. The van der Waals surface area contributed by atoms with Crippen molar-refractivity contribution in [3.8, 4) is 0 Å². The Hall–Kier alpha value is -1.87. The Kier molecular flexibility index (Phi) is 3.63. The van der Waals surface area contributed by atoms with E-state index in [-0.39, 0.29) is 0 Å². The highest BCUT2D eigenvalue weighted by Gasteiger charge is 2.13. The van der Waals surface area contributed by atoms with Crippen LogP contribution in [0.25, 0.3) is 0 Å². The third-order valence-electron chi connectivity index (χ3n) is 3.10. The summed E-state index contributed by atoms with van der Waals surface area (Å²) in [5.41, 5.74) is 9.13. The van der Waals surface area contributed by atoms with E-state index in [0.717, 1.165) is 5.56 Å². The van der Waals surface area contributed by atoms with E-state index >= 15 is 0 Å². The number of hydrogen-bond acceptors (Lipinski definition) is 3. The normalized spacial score (nSPS) is 12.7. The first-order chi connectivity index (χ1) is 8.59. The van der Waals surface area contributed by atoms with Crippen LogP contribution in [0.4, 0.5) is 5.69 Å². The van der Waals surface area contributed by atoms with Gasteiger partial charge in [-0.3, -0.25) is 4.98 Å². The van der Waals surface area contributed by atoms with Gasteiger partial charge in [-0.25, -0.2) is 0 Å². The van der Waals surface area contributed by atoms with Crippen molar-refractivity contribution >= 4 is 5.69 Å². The van der Waals surface area contributed by atoms with Gasteiger partial charge in [0.1, 0.15) is 6.10 Å². The highest BCUT2D eigenvalue weighted by molar-refractivity contribution is 5.48. The van der Waals surface area contributed by atoms with Crippen molar-refractivity contribution in [2.75, 3.05) is 5.73 Å². The number of benzene rings is 1. The Labute approximate surface area is 107 Å². The SMILES string of the molecule is CC(C)c1ccc(C(O)c2cnccc2N)cc1. The van der Waals surface area contributed by atoms with E-state index in [1.807, 2.05) is 24.3 Å². The summed E-state index contributed by atoms with van der Waals surface area (Å²) in [5.74, 6) is 0.486. The first kappa shape index (κ1) is 12.6. The standard InChI is InChI=1S/C15H18N2O/c1-10(2)11-3-5-12(6-4-11)15(18)13-9-17-8-7-14(13)16/h3-10,15,18H,1-2H3,(H2,16,17). The number of aliphatic hydroxyl groups excluding tert-OH is 1. The lowest BCUT2D eigenvalue weighted by Crippen LogP contribution is -2.04. The zero-order valence-electron chi connectivity index (χ0n) is 10.7. The van der Waals surface area contributed by atoms with E-state index in [0.29, 0.717) is 17.2 Å². The molecule has 3 heteroatoms. The molecule has 0 aliphatic carbocycles. The van der Waals surface area contributed by atoms with E-state index < -0.39 is 6.10 Å². The molecule has 0 spiro atoms. The average Bonchev–Trinajstić information content (AvgIpc) is 2.38. The van der Waals surface area contributed by atoms with Crippen molar-refractivity contribution in [2.24, 2.45) is 0 Å². The van der Waals surface area contributed by atoms with Crippen LogP contribution in [0.3, 0.4) is 0 Å². The number of nitrogen functional groups attached to an aromatic ring is 1. The summed E-state index contributed by atoms with van der Waals surface area (Å²) in [6.45, 7) is 4.29. The van der Waals surface area contributed by atoms with E-state index in [1.54, 1.807) is 18.5 Å². The minimum absolute atomic E-state index is 0.486. The van der Waals surface area contributed by atoms with Crippen LogP contribution in [-0.4, -0.2) is 10.1 Å². The molecule has 3 nitrogen and oxygen atoms in total. The van der Waals surface area contributed by atoms with Gasteiger partial charge in [0.2, 0.25) is 0 Å². The Balaban J connectivity index is 2.29. The molecule has 1 atom stereocenters. The van der Waals surface area contributed by atoms with E-state index in [9.17, 15) is 5.11 Å². The zero-order valence-corrected chi connectivity index (χ0v) is 10.7. The molecule has 0 saturated carbocycles. The quantitative estimate of drug-likeness (QED) is 0.870. The maximum Gasteiger partial charge on any atom is 0.108 e. The second-order valence-electron chi connectivity index (χ2n) is 4.73. The van der Waals surface area contributed by atoms with E-state index in [1.165, 1.54) is 5.56 Å². The Morgan fingerprint density at radius 1 is 1.06 bits per heavy atom. The molecule has 0 amide bonds. The summed E-state index contributed by atoms with van der Waals surface area (Å²) in [6, 6.07) is 9.64. The minimum Gasteiger partial charge on any atom is -0.398 e. The van der Waals surface area contributed by atoms with Gasteiger partial charge in [-0.1, -0.05) is 38.1 Å². The smallest absolute Gasteiger partial charge is 0.108 e. The molecule has 1 heterocycles. The van der Waals surface area contributed by atoms with Crippen LogP contribution in [0.2, 0.25) is 0 Å². The summed E-state index contributed by atoms with van der Waals surface area (Å²) in [4.78, 5) is 4.00. The molecule has 0 fully saturated rings. The molecule has 2 rings (SSSR count). The van der Waals surface area contributed by atoms with Crippen LogP contribution < -0.4 is 5.73 Å². The summed E-state index contributed by atoms with van der Waals surface area (Å²) in [7, 11) is 0. The third kappa shape index (κ3) is 2.51. The maximum absolute atomic E-state index is 10.3. The molecule has 0 bridgehead atoms. The Bertz CT molecular complexity index is 520. The molecule has 3 N–H and O–H groups in total. The molecule has 2 aromatic rings. The molecule has 1 unspecified atom stereocenters. The lowest BCUT2D eigenvalue weighted by Gasteiger charge is -2.14. The van der Waals surface area contributed by atoms with Crippen molar-refractivity contribution in [1.29, 1.82) is 0 Å². The fourth-order valence-corrected chi connectivity index (χ4v) is 1.89. The molecule has 1 aromatic carbocycles. The number of nitrogens with zero attached hydrogens (tertiary/aromatic N) is 1. The summed E-state index contributed by atoms with van der Waals surface area (Å²) >= 11 is 0. The first-order valence-corrected chi connectivity index (χ1v) is 6.07. The Morgan fingerprint density at radius 2 is 1.67 bits per heavy atom. The maximum atomic E-state index is 10.3. The molecule has 0 radical (unpaired) electrons. The fraction of sp³-hybridized carbons (Fsp3) is 0.267. The summed E-state index contributed by atoms with van der Waals surface area (Å²) < 4.78 is 0. The van der Waals surface area contributed by atoms with Crippen LogP contribution in [-0.2, 0) is 0 Å². The topological polar surface area (TPSA) is 59.1 Å². The molecular formula is C15H18N2O. The van der Waals surface area contributed by atoms with Crippen LogP contribution in [0.1, 0.15) is 42.6 Å². The van der Waals surface area contributed by atoms with Crippen molar-refractivity contribution in [2.45, 2.75) is 25.9 Å². The summed E-state index contributed by atoms with van der Waals surface area (Å²) in [6.07, 6.45) is 2.50. The van der Waals surface area contributed by atoms with Crippen molar-refractivity contribution < 1.29 is 5.11 Å². The molecule has 94 valence electrons. The molecule has 0 aliphatic rings. The average molecular weight is 242 g/mol. The van der Waals surface area contributed by atoms with Crippen molar-refractivity contribution in [3.05, 3.63) is 59.4 Å². The van der Waals surface area contributed by atoms with Crippen molar-refractivity contribution in [1.82, 2.24) is 4.98 Å². The number of anilines is 1.